The van der Waals surface area contributed by atoms with E-state index in [-0.39, 0.29) is 12.6 Å². The van der Waals surface area contributed by atoms with Crippen LogP contribution in [0.25, 0.3) is 0 Å². The molecule has 1 unspecified atom stereocenters. The number of rotatable bonds is 4. The summed E-state index contributed by atoms with van der Waals surface area (Å²) in [5.74, 6) is -0.808. The number of nitrogens with zero attached hydrogens (tertiary/aromatic N) is 1. The predicted octanol–water partition coefficient (Wildman–Crippen LogP) is 1.67. The number of hydrogen-bond donors (Lipinski definition) is 1. The van der Waals surface area contributed by atoms with Gasteiger partial charge in [-0.05, 0) is 25.5 Å². The highest BCUT2D eigenvalue weighted by Crippen LogP contribution is 2.22. The summed E-state index contributed by atoms with van der Waals surface area (Å²) >= 11 is 0. The van der Waals surface area contributed by atoms with E-state index in [1.165, 1.54) is 5.56 Å². The van der Waals surface area contributed by atoms with E-state index in [0.717, 1.165) is 12.1 Å². The van der Waals surface area contributed by atoms with Crippen LogP contribution in [0, 0.1) is 6.92 Å². The summed E-state index contributed by atoms with van der Waals surface area (Å²) in [6.07, 6.45) is 0.890. The number of benzene rings is 1. The molecule has 0 aromatic heterocycles. The lowest BCUT2D eigenvalue weighted by molar-refractivity contribution is -0.135. The van der Waals surface area contributed by atoms with Crippen molar-refractivity contribution in [3.8, 4) is 0 Å². The van der Waals surface area contributed by atoms with Gasteiger partial charge < -0.3 is 14.7 Å². The third kappa shape index (κ3) is 2.97. The zero-order valence-electron chi connectivity index (χ0n) is 9.93. The molecule has 4 heteroatoms. The summed E-state index contributed by atoms with van der Waals surface area (Å²) in [6, 6.07) is 8.11. The zero-order valence-corrected chi connectivity index (χ0v) is 9.93. The minimum absolute atomic E-state index is 0.0249. The molecule has 2 rings (SSSR count). The second-order valence-corrected chi connectivity index (χ2v) is 4.37. The Morgan fingerprint density at radius 2 is 2.18 bits per heavy atom. The molecule has 92 valence electrons. The maximum absolute atomic E-state index is 10.9. The molecule has 1 fully saturated rings. The standard InChI is InChI=1S/C13H17NO3/c1-10-2-4-11(5-3-10)14(8-13(15)16)12-6-7-17-9-12/h2-5,12H,6-9H2,1H3,(H,15,16). The third-order valence-corrected chi connectivity index (χ3v) is 3.02. The normalized spacial score (nSPS) is 19.2. The maximum Gasteiger partial charge on any atom is 0.323 e. The lowest BCUT2D eigenvalue weighted by atomic mass is 10.1. The van der Waals surface area contributed by atoms with Crippen LogP contribution in [0.5, 0.6) is 0 Å². The number of aliphatic carboxylic acids is 1. The summed E-state index contributed by atoms with van der Waals surface area (Å²) in [5, 5.41) is 8.98. The molecule has 0 aliphatic carbocycles. The number of carbonyl (C=O) groups is 1. The number of carboxylic acids is 1. The van der Waals surface area contributed by atoms with Gasteiger partial charge in [-0.25, -0.2) is 0 Å². The van der Waals surface area contributed by atoms with Gasteiger partial charge in [0.1, 0.15) is 6.54 Å². The van der Waals surface area contributed by atoms with E-state index >= 15 is 0 Å². The van der Waals surface area contributed by atoms with Crippen LogP contribution >= 0.6 is 0 Å². The largest absolute Gasteiger partial charge is 0.480 e. The molecule has 1 saturated heterocycles. The van der Waals surface area contributed by atoms with E-state index in [1.54, 1.807) is 0 Å². The first-order valence-corrected chi connectivity index (χ1v) is 5.79. The van der Waals surface area contributed by atoms with Crippen LogP contribution in [0.1, 0.15) is 12.0 Å². The van der Waals surface area contributed by atoms with E-state index in [9.17, 15) is 4.79 Å². The quantitative estimate of drug-likeness (QED) is 0.862. The zero-order chi connectivity index (χ0) is 12.3. The summed E-state index contributed by atoms with van der Waals surface area (Å²) in [6.45, 7) is 3.37. The van der Waals surface area contributed by atoms with E-state index < -0.39 is 5.97 Å². The molecule has 0 radical (unpaired) electrons. The fourth-order valence-electron chi connectivity index (χ4n) is 2.08. The summed E-state index contributed by atoms with van der Waals surface area (Å²) in [7, 11) is 0. The number of anilines is 1. The van der Waals surface area contributed by atoms with Crippen molar-refractivity contribution in [3.05, 3.63) is 29.8 Å². The number of hydrogen-bond acceptors (Lipinski definition) is 3. The van der Waals surface area contributed by atoms with Crippen molar-refractivity contribution < 1.29 is 14.6 Å². The van der Waals surface area contributed by atoms with Crippen LogP contribution in [-0.2, 0) is 9.53 Å². The summed E-state index contributed by atoms with van der Waals surface area (Å²) in [4.78, 5) is 12.8. The fraction of sp³-hybridized carbons (Fsp3) is 0.462. The Balaban J connectivity index is 2.19. The van der Waals surface area contributed by atoms with E-state index in [4.69, 9.17) is 9.84 Å². The fourth-order valence-corrected chi connectivity index (χ4v) is 2.08. The SMILES string of the molecule is Cc1ccc(N(CC(=O)O)C2CCOC2)cc1. The van der Waals surface area contributed by atoms with Crippen LogP contribution in [0.4, 0.5) is 5.69 Å². The van der Waals surface area contributed by atoms with Crippen molar-refractivity contribution in [3.63, 3.8) is 0 Å². The van der Waals surface area contributed by atoms with E-state index in [0.29, 0.717) is 13.2 Å². The topological polar surface area (TPSA) is 49.8 Å². The Labute approximate surface area is 101 Å². The van der Waals surface area contributed by atoms with Crippen molar-refractivity contribution in [1.29, 1.82) is 0 Å². The Bertz CT molecular complexity index is 382. The average Bonchev–Trinajstić information content (AvgIpc) is 2.80. The molecule has 1 aliphatic rings. The highest BCUT2D eigenvalue weighted by molar-refractivity contribution is 5.74. The molecule has 1 heterocycles. The first-order chi connectivity index (χ1) is 8.16. The van der Waals surface area contributed by atoms with Crippen LogP contribution in [0.15, 0.2) is 24.3 Å². The predicted molar refractivity (Wildman–Crippen MR) is 65.4 cm³/mol. The van der Waals surface area contributed by atoms with Gasteiger partial charge in [-0.2, -0.15) is 0 Å². The Morgan fingerprint density at radius 3 is 2.71 bits per heavy atom. The van der Waals surface area contributed by atoms with E-state index in [2.05, 4.69) is 0 Å². The molecule has 1 aromatic rings. The van der Waals surface area contributed by atoms with Crippen LogP contribution < -0.4 is 4.90 Å². The van der Waals surface area contributed by atoms with Gasteiger partial charge >= 0.3 is 5.97 Å². The van der Waals surface area contributed by atoms with Crippen molar-refractivity contribution in [2.75, 3.05) is 24.7 Å². The van der Waals surface area contributed by atoms with E-state index in [1.807, 2.05) is 36.1 Å². The number of aryl methyl sites for hydroxylation is 1. The molecule has 4 nitrogen and oxygen atoms in total. The molecule has 1 aromatic carbocycles. The third-order valence-electron chi connectivity index (χ3n) is 3.02. The first kappa shape index (κ1) is 11.9. The Kier molecular flexibility index (Phi) is 3.64. The van der Waals surface area contributed by atoms with Gasteiger partial charge in [-0.1, -0.05) is 17.7 Å². The minimum atomic E-state index is -0.808. The van der Waals surface area contributed by atoms with Gasteiger partial charge in [-0.3, -0.25) is 4.79 Å². The van der Waals surface area contributed by atoms with Crippen molar-refractivity contribution in [2.45, 2.75) is 19.4 Å². The molecular weight excluding hydrogens is 218 g/mol. The first-order valence-electron chi connectivity index (χ1n) is 5.79. The lowest BCUT2D eigenvalue weighted by Crippen LogP contribution is -2.39. The molecular formula is C13H17NO3. The van der Waals surface area contributed by atoms with Crippen molar-refractivity contribution in [1.82, 2.24) is 0 Å². The van der Waals surface area contributed by atoms with Crippen LogP contribution in [-0.4, -0.2) is 36.9 Å². The molecule has 0 bridgehead atoms. The van der Waals surface area contributed by atoms with Crippen LogP contribution in [0.3, 0.4) is 0 Å². The monoisotopic (exact) mass is 235 g/mol. The van der Waals surface area contributed by atoms with Gasteiger partial charge in [0, 0.05) is 12.3 Å². The smallest absolute Gasteiger partial charge is 0.323 e. The molecule has 1 N–H and O–H groups in total. The molecule has 17 heavy (non-hydrogen) atoms. The molecule has 1 atom stereocenters. The van der Waals surface area contributed by atoms with Gasteiger partial charge in [0.2, 0.25) is 0 Å². The Hall–Kier alpha value is -1.55. The number of carboxylic acid groups (broad SMARTS) is 1. The number of ether oxygens (including phenoxy) is 1. The molecule has 1 aliphatic heterocycles. The summed E-state index contributed by atoms with van der Waals surface area (Å²) in [5.41, 5.74) is 2.13. The van der Waals surface area contributed by atoms with Crippen molar-refractivity contribution >= 4 is 11.7 Å². The summed E-state index contributed by atoms with van der Waals surface area (Å²) < 4.78 is 5.33. The molecule has 0 saturated carbocycles. The van der Waals surface area contributed by atoms with Crippen molar-refractivity contribution in [2.24, 2.45) is 0 Å². The minimum Gasteiger partial charge on any atom is -0.480 e. The van der Waals surface area contributed by atoms with Gasteiger partial charge in [0.25, 0.3) is 0 Å². The maximum atomic E-state index is 10.9. The Morgan fingerprint density at radius 1 is 1.47 bits per heavy atom. The lowest BCUT2D eigenvalue weighted by Gasteiger charge is -2.28. The van der Waals surface area contributed by atoms with Gasteiger partial charge in [0.05, 0.1) is 12.6 Å². The highest BCUT2D eigenvalue weighted by Gasteiger charge is 2.25. The van der Waals surface area contributed by atoms with Gasteiger partial charge in [-0.15, -0.1) is 0 Å². The second-order valence-electron chi connectivity index (χ2n) is 4.37. The van der Waals surface area contributed by atoms with Gasteiger partial charge in [0.15, 0.2) is 0 Å². The molecule has 0 spiro atoms. The highest BCUT2D eigenvalue weighted by atomic mass is 16.5. The molecule has 0 amide bonds. The van der Waals surface area contributed by atoms with Crippen LogP contribution in [0.2, 0.25) is 0 Å². The average molecular weight is 235 g/mol. The second kappa shape index (κ2) is 5.19.